The van der Waals surface area contributed by atoms with Gasteiger partial charge in [-0.2, -0.15) is 0 Å². The molecule has 1 heterocycles. The van der Waals surface area contributed by atoms with Gasteiger partial charge in [-0.1, -0.05) is 25.4 Å². The molecule has 0 radical (unpaired) electrons. The van der Waals surface area contributed by atoms with E-state index in [1.165, 1.54) is 0 Å². The summed E-state index contributed by atoms with van der Waals surface area (Å²) in [5.74, 6) is 0.970. The summed E-state index contributed by atoms with van der Waals surface area (Å²) in [6, 6.07) is 4.62. The molecule has 0 spiro atoms. The van der Waals surface area contributed by atoms with E-state index in [1.807, 2.05) is 31.5 Å². The Morgan fingerprint density at radius 2 is 2.10 bits per heavy atom. The van der Waals surface area contributed by atoms with E-state index in [9.17, 15) is 4.79 Å². The van der Waals surface area contributed by atoms with Gasteiger partial charge in [0.2, 0.25) is 5.91 Å². The van der Waals surface area contributed by atoms with Crippen molar-refractivity contribution in [3.63, 3.8) is 0 Å². The number of nitrogen functional groups attached to an aromatic ring is 1. The summed E-state index contributed by atoms with van der Waals surface area (Å²) in [6.45, 7) is 5.91. The molecule has 1 unspecified atom stereocenters. The van der Waals surface area contributed by atoms with E-state index in [-0.39, 0.29) is 17.9 Å². The maximum Gasteiger partial charge on any atom is 0.247 e. The Kier molecular flexibility index (Phi) is 4.53. The van der Waals surface area contributed by atoms with Gasteiger partial charge in [0.1, 0.15) is 11.9 Å². The molecule has 1 aromatic heterocycles. The fourth-order valence-electron chi connectivity index (χ4n) is 2.10. The third kappa shape index (κ3) is 3.36. The Morgan fingerprint density at radius 1 is 1.38 bits per heavy atom. The highest BCUT2D eigenvalue weighted by atomic mass is 35.5. The summed E-state index contributed by atoms with van der Waals surface area (Å²) < 4.78 is 1.87. The van der Waals surface area contributed by atoms with Crippen LogP contribution in [0.25, 0.3) is 0 Å². The highest BCUT2D eigenvalue weighted by Crippen LogP contribution is 2.25. The van der Waals surface area contributed by atoms with Crippen LogP contribution < -0.4 is 11.1 Å². The molecular weight excluding hydrogens is 288 g/mol. The molecule has 6 heteroatoms. The Labute approximate surface area is 129 Å². The van der Waals surface area contributed by atoms with Gasteiger partial charge in [0.15, 0.2) is 0 Å². The minimum atomic E-state index is -0.376. The Bertz CT molecular complexity index is 651. The van der Waals surface area contributed by atoms with Crippen molar-refractivity contribution in [3.05, 3.63) is 41.4 Å². The minimum absolute atomic E-state index is 0.151. The molecule has 2 aromatic rings. The zero-order valence-corrected chi connectivity index (χ0v) is 13.1. The molecule has 5 nitrogen and oxygen atoms in total. The van der Waals surface area contributed by atoms with Gasteiger partial charge < -0.3 is 15.6 Å². The number of anilines is 2. The largest absolute Gasteiger partial charge is 0.399 e. The van der Waals surface area contributed by atoms with Gasteiger partial charge >= 0.3 is 0 Å². The standard InChI is InChI=1S/C15H19ClN4O/c1-9(2)14-18-6-7-20(14)10(3)15(21)19-13-5-4-11(17)8-12(13)16/h4-10H,17H2,1-3H3,(H,19,21). The molecule has 0 aliphatic heterocycles. The second kappa shape index (κ2) is 6.18. The third-order valence-electron chi connectivity index (χ3n) is 3.26. The normalized spacial score (nSPS) is 12.4. The first-order valence-electron chi connectivity index (χ1n) is 6.78. The van der Waals surface area contributed by atoms with Crippen molar-refractivity contribution < 1.29 is 4.79 Å². The Balaban J connectivity index is 2.18. The van der Waals surface area contributed by atoms with E-state index in [4.69, 9.17) is 17.3 Å². The maximum absolute atomic E-state index is 12.4. The summed E-state index contributed by atoms with van der Waals surface area (Å²) in [5, 5.41) is 3.24. The number of nitrogens with zero attached hydrogens (tertiary/aromatic N) is 2. The molecule has 21 heavy (non-hydrogen) atoms. The quantitative estimate of drug-likeness (QED) is 0.850. The zero-order valence-electron chi connectivity index (χ0n) is 12.3. The van der Waals surface area contributed by atoms with E-state index in [0.717, 1.165) is 5.82 Å². The SMILES string of the molecule is CC(C)c1nccn1C(C)C(=O)Nc1ccc(N)cc1Cl. The maximum atomic E-state index is 12.4. The van der Waals surface area contributed by atoms with Crippen molar-refractivity contribution in [2.45, 2.75) is 32.7 Å². The molecule has 0 saturated heterocycles. The fourth-order valence-corrected chi connectivity index (χ4v) is 2.33. The molecule has 0 aliphatic rings. The van der Waals surface area contributed by atoms with Crippen molar-refractivity contribution in [1.82, 2.24) is 9.55 Å². The lowest BCUT2D eigenvalue weighted by atomic mass is 10.2. The molecule has 1 amide bonds. The average Bonchev–Trinajstić information content (AvgIpc) is 2.90. The lowest BCUT2D eigenvalue weighted by Crippen LogP contribution is -2.25. The molecule has 0 bridgehead atoms. The number of carbonyl (C=O) groups excluding carboxylic acids is 1. The second-order valence-electron chi connectivity index (χ2n) is 5.25. The van der Waals surface area contributed by atoms with Crippen molar-refractivity contribution >= 4 is 28.9 Å². The van der Waals surface area contributed by atoms with Gasteiger partial charge in [-0.25, -0.2) is 4.98 Å². The molecular formula is C15H19ClN4O. The van der Waals surface area contributed by atoms with Gasteiger partial charge in [0.25, 0.3) is 0 Å². The van der Waals surface area contributed by atoms with Crippen molar-refractivity contribution in [1.29, 1.82) is 0 Å². The van der Waals surface area contributed by atoms with Gasteiger partial charge in [0, 0.05) is 24.0 Å². The van der Waals surface area contributed by atoms with E-state index >= 15 is 0 Å². The predicted octanol–water partition coefficient (Wildman–Crippen LogP) is 3.44. The van der Waals surface area contributed by atoms with Crippen LogP contribution in [0.4, 0.5) is 11.4 Å². The average molecular weight is 307 g/mol. The number of carbonyl (C=O) groups is 1. The van der Waals surface area contributed by atoms with E-state index in [0.29, 0.717) is 16.4 Å². The van der Waals surface area contributed by atoms with Crippen LogP contribution >= 0.6 is 11.6 Å². The summed E-state index contributed by atoms with van der Waals surface area (Å²) in [7, 11) is 0. The molecule has 1 aromatic carbocycles. The number of hydrogen-bond acceptors (Lipinski definition) is 3. The number of halogens is 1. The molecule has 0 saturated carbocycles. The van der Waals surface area contributed by atoms with Crippen LogP contribution in [-0.4, -0.2) is 15.5 Å². The predicted molar refractivity (Wildman–Crippen MR) is 85.5 cm³/mol. The first-order valence-corrected chi connectivity index (χ1v) is 7.16. The van der Waals surface area contributed by atoms with Crippen LogP contribution in [0.2, 0.25) is 5.02 Å². The number of nitrogens with one attached hydrogen (secondary N) is 1. The minimum Gasteiger partial charge on any atom is -0.399 e. The molecule has 0 fully saturated rings. The van der Waals surface area contributed by atoms with Crippen LogP contribution in [0.3, 0.4) is 0 Å². The fraction of sp³-hybridized carbons (Fsp3) is 0.333. The topological polar surface area (TPSA) is 72.9 Å². The first-order chi connectivity index (χ1) is 9.90. The smallest absolute Gasteiger partial charge is 0.247 e. The van der Waals surface area contributed by atoms with E-state index < -0.39 is 0 Å². The van der Waals surface area contributed by atoms with Crippen molar-refractivity contribution in [3.8, 4) is 0 Å². The monoisotopic (exact) mass is 306 g/mol. The number of aromatic nitrogens is 2. The highest BCUT2D eigenvalue weighted by molar-refractivity contribution is 6.34. The third-order valence-corrected chi connectivity index (χ3v) is 3.58. The van der Waals surface area contributed by atoms with Crippen LogP contribution in [0.5, 0.6) is 0 Å². The zero-order chi connectivity index (χ0) is 15.6. The van der Waals surface area contributed by atoms with E-state index in [2.05, 4.69) is 10.3 Å². The number of hydrogen-bond donors (Lipinski definition) is 2. The van der Waals surface area contributed by atoms with Crippen LogP contribution in [0.1, 0.15) is 38.6 Å². The summed E-state index contributed by atoms with van der Waals surface area (Å²) in [4.78, 5) is 16.7. The van der Waals surface area contributed by atoms with Crippen LogP contribution in [0, 0.1) is 0 Å². The number of amides is 1. The molecule has 112 valence electrons. The molecule has 2 rings (SSSR count). The lowest BCUT2D eigenvalue weighted by molar-refractivity contribution is -0.118. The summed E-state index contributed by atoms with van der Waals surface area (Å²) in [6.07, 6.45) is 3.51. The van der Waals surface area contributed by atoms with Gasteiger partial charge in [-0.15, -0.1) is 0 Å². The molecule has 1 atom stereocenters. The first kappa shape index (κ1) is 15.4. The van der Waals surface area contributed by atoms with Gasteiger partial charge in [-0.05, 0) is 25.1 Å². The number of rotatable bonds is 4. The number of nitrogens with two attached hydrogens (primary N) is 1. The Hall–Kier alpha value is -2.01. The summed E-state index contributed by atoms with van der Waals surface area (Å²) >= 11 is 6.07. The second-order valence-corrected chi connectivity index (χ2v) is 5.66. The lowest BCUT2D eigenvalue weighted by Gasteiger charge is -2.18. The van der Waals surface area contributed by atoms with Gasteiger partial charge in [-0.3, -0.25) is 4.79 Å². The number of benzene rings is 1. The van der Waals surface area contributed by atoms with Crippen molar-refractivity contribution in [2.75, 3.05) is 11.1 Å². The van der Waals surface area contributed by atoms with Crippen LogP contribution in [0.15, 0.2) is 30.6 Å². The van der Waals surface area contributed by atoms with Crippen LogP contribution in [-0.2, 0) is 4.79 Å². The highest BCUT2D eigenvalue weighted by Gasteiger charge is 2.19. The number of imidazole rings is 1. The molecule has 0 aliphatic carbocycles. The summed E-state index contributed by atoms with van der Waals surface area (Å²) in [5.41, 5.74) is 6.75. The molecule has 3 N–H and O–H groups in total. The van der Waals surface area contributed by atoms with E-state index in [1.54, 1.807) is 24.4 Å². The van der Waals surface area contributed by atoms with Gasteiger partial charge in [0.05, 0.1) is 10.7 Å². The Morgan fingerprint density at radius 3 is 2.71 bits per heavy atom. The van der Waals surface area contributed by atoms with Crippen molar-refractivity contribution in [2.24, 2.45) is 0 Å².